The van der Waals surface area contributed by atoms with E-state index in [4.69, 9.17) is 4.74 Å². The van der Waals surface area contributed by atoms with Crippen molar-refractivity contribution in [3.05, 3.63) is 18.5 Å². The number of ether oxygens (including phenoxy) is 1. The zero-order valence-corrected chi connectivity index (χ0v) is 5.66. The lowest BCUT2D eigenvalue weighted by Crippen LogP contribution is -2.13. The van der Waals surface area contributed by atoms with Gasteiger partial charge in [0.1, 0.15) is 5.75 Å². The van der Waals surface area contributed by atoms with Crippen molar-refractivity contribution >= 4 is 5.69 Å². The molecule has 0 aromatic carbocycles. The van der Waals surface area contributed by atoms with Gasteiger partial charge in [0.2, 0.25) is 0 Å². The van der Waals surface area contributed by atoms with Crippen molar-refractivity contribution in [2.75, 3.05) is 5.32 Å². The Morgan fingerprint density at radius 3 is 3.40 bits per heavy atom. The van der Waals surface area contributed by atoms with E-state index < -0.39 is 0 Å². The molecular weight excluding hydrogens is 128 g/mol. The average molecular weight is 136 g/mol. The maximum absolute atomic E-state index is 5.36. The minimum absolute atomic E-state index is 0.0826. The molecule has 3 nitrogen and oxygen atoms in total. The molecule has 1 aliphatic heterocycles. The molecule has 1 aromatic rings. The zero-order valence-electron chi connectivity index (χ0n) is 5.66. The van der Waals surface area contributed by atoms with Gasteiger partial charge in [-0.25, -0.2) is 0 Å². The fourth-order valence-corrected chi connectivity index (χ4v) is 1.03. The van der Waals surface area contributed by atoms with Crippen molar-refractivity contribution in [2.45, 2.75) is 13.2 Å². The van der Waals surface area contributed by atoms with E-state index in [1.165, 1.54) is 0 Å². The third kappa shape index (κ3) is 0.708. The van der Waals surface area contributed by atoms with Crippen LogP contribution in [0.1, 0.15) is 6.92 Å². The van der Waals surface area contributed by atoms with E-state index in [1.807, 2.05) is 13.0 Å². The standard InChI is InChI=1S/C7H8N2O/c1-5-9-6-4-8-3-2-7(6)10-5/h2-5,9H,1H3. The highest BCUT2D eigenvalue weighted by atomic mass is 16.5. The van der Waals surface area contributed by atoms with Crippen molar-refractivity contribution in [2.24, 2.45) is 0 Å². The lowest BCUT2D eigenvalue weighted by atomic mass is 10.4. The number of nitrogens with zero attached hydrogens (tertiary/aromatic N) is 1. The van der Waals surface area contributed by atoms with Gasteiger partial charge in [0.05, 0.1) is 11.9 Å². The first-order chi connectivity index (χ1) is 4.86. The number of hydrogen-bond acceptors (Lipinski definition) is 3. The van der Waals surface area contributed by atoms with E-state index in [2.05, 4.69) is 10.3 Å². The summed E-state index contributed by atoms with van der Waals surface area (Å²) in [5.74, 6) is 0.891. The van der Waals surface area contributed by atoms with Gasteiger partial charge in [-0.15, -0.1) is 0 Å². The highest BCUT2D eigenvalue weighted by molar-refractivity contribution is 5.57. The van der Waals surface area contributed by atoms with Gasteiger partial charge in [-0.2, -0.15) is 0 Å². The summed E-state index contributed by atoms with van der Waals surface area (Å²) < 4.78 is 5.36. The smallest absolute Gasteiger partial charge is 0.167 e. The molecular formula is C7H8N2O. The maximum atomic E-state index is 5.36. The molecule has 1 atom stereocenters. The Bertz CT molecular complexity index is 224. The second kappa shape index (κ2) is 1.87. The molecule has 0 aliphatic carbocycles. The van der Waals surface area contributed by atoms with Crippen LogP contribution in [0.4, 0.5) is 5.69 Å². The topological polar surface area (TPSA) is 34.2 Å². The second-order valence-electron chi connectivity index (χ2n) is 2.28. The van der Waals surface area contributed by atoms with E-state index in [0.717, 1.165) is 11.4 Å². The van der Waals surface area contributed by atoms with Gasteiger partial charge in [-0.05, 0) is 6.92 Å². The van der Waals surface area contributed by atoms with Crippen LogP contribution in [0.15, 0.2) is 18.5 Å². The van der Waals surface area contributed by atoms with E-state index in [1.54, 1.807) is 12.4 Å². The first-order valence-corrected chi connectivity index (χ1v) is 3.23. The molecule has 3 heteroatoms. The number of anilines is 1. The van der Waals surface area contributed by atoms with Crippen molar-refractivity contribution in [3.8, 4) is 5.75 Å². The summed E-state index contributed by atoms with van der Waals surface area (Å²) in [4.78, 5) is 3.95. The molecule has 0 bridgehead atoms. The number of rotatable bonds is 0. The Morgan fingerprint density at radius 1 is 1.70 bits per heavy atom. The van der Waals surface area contributed by atoms with Gasteiger partial charge in [0.15, 0.2) is 6.23 Å². The van der Waals surface area contributed by atoms with Crippen molar-refractivity contribution in [1.82, 2.24) is 4.98 Å². The van der Waals surface area contributed by atoms with E-state index in [-0.39, 0.29) is 6.23 Å². The first kappa shape index (κ1) is 5.53. The molecule has 2 rings (SSSR count). The summed E-state index contributed by atoms with van der Waals surface area (Å²) in [5.41, 5.74) is 0.981. The van der Waals surface area contributed by atoms with Crippen LogP contribution in [0.25, 0.3) is 0 Å². The number of hydrogen-bond donors (Lipinski definition) is 1. The molecule has 0 saturated carbocycles. The molecule has 0 saturated heterocycles. The predicted octanol–water partition coefficient (Wildman–Crippen LogP) is 1.23. The number of pyridine rings is 1. The molecule has 0 amide bonds. The van der Waals surface area contributed by atoms with Gasteiger partial charge < -0.3 is 10.1 Å². The van der Waals surface area contributed by atoms with Crippen LogP contribution >= 0.6 is 0 Å². The van der Waals surface area contributed by atoms with Crippen LogP contribution in [0.3, 0.4) is 0 Å². The number of fused-ring (bicyclic) bond motifs is 1. The van der Waals surface area contributed by atoms with Crippen LogP contribution in [0, 0.1) is 0 Å². The third-order valence-electron chi connectivity index (χ3n) is 1.44. The lowest BCUT2D eigenvalue weighted by molar-refractivity contribution is 0.275. The average Bonchev–Trinajstić information content (AvgIpc) is 2.27. The van der Waals surface area contributed by atoms with Gasteiger partial charge in [0.25, 0.3) is 0 Å². The summed E-state index contributed by atoms with van der Waals surface area (Å²) in [6.45, 7) is 1.96. The molecule has 1 aliphatic rings. The summed E-state index contributed by atoms with van der Waals surface area (Å²) in [6, 6.07) is 1.85. The summed E-state index contributed by atoms with van der Waals surface area (Å²) in [6.07, 6.45) is 3.57. The molecule has 2 heterocycles. The Labute approximate surface area is 59.0 Å². The van der Waals surface area contributed by atoms with Gasteiger partial charge in [-0.1, -0.05) is 0 Å². The number of nitrogens with one attached hydrogen (secondary N) is 1. The predicted molar refractivity (Wildman–Crippen MR) is 37.9 cm³/mol. The first-order valence-electron chi connectivity index (χ1n) is 3.23. The van der Waals surface area contributed by atoms with Crippen LogP contribution < -0.4 is 10.1 Å². The molecule has 1 N–H and O–H groups in total. The van der Waals surface area contributed by atoms with Crippen molar-refractivity contribution in [1.29, 1.82) is 0 Å². The summed E-state index contributed by atoms with van der Waals surface area (Å²) in [5, 5.41) is 3.11. The molecule has 0 radical (unpaired) electrons. The minimum atomic E-state index is 0.0826. The SMILES string of the molecule is CC1Nc2cnccc2O1. The van der Waals surface area contributed by atoms with Crippen molar-refractivity contribution < 1.29 is 4.74 Å². The largest absolute Gasteiger partial charge is 0.469 e. The second-order valence-corrected chi connectivity index (χ2v) is 2.28. The van der Waals surface area contributed by atoms with Crippen LogP contribution in [-0.2, 0) is 0 Å². The van der Waals surface area contributed by atoms with Crippen LogP contribution in [0.2, 0.25) is 0 Å². The normalized spacial score (nSPS) is 21.1. The molecule has 1 aromatic heterocycles. The van der Waals surface area contributed by atoms with E-state index >= 15 is 0 Å². The Balaban J connectivity index is 2.42. The molecule has 10 heavy (non-hydrogen) atoms. The van der Waals surface area contributed by atoms with E-state index in [0.29, 0.717) is 0 Å². The van der Waals surface area contributed by atoms with E-state index in [9.17, 15) is 0 Å². The van der Waals surface area contributed by atoms with Crippen molar-refractivity contribution in [3.63, 3.8) is 0 Å². The minimum Gasteiger partial charge on any atom is -0.469 e. The van der Waals surface area contributed by atoms with Gasteiger partial charge in [-0.3, -0.25) is 4.98 Å². The number of aromatic nitrogens is 1. The van der Waals surface area contributed by atoms with Crippen LogP contribution in [-0.4, -0.2) is 11.2 Å². The third-order valence-corrected chi connectivity index (χ3v) is 1.44. The molecule has 52 valence electrons. The summed E-state index contributed by atoms with van der Waals surface area (Å²) in [7, 11) is 0. The Kier molecular flexibility index (Phi) is 1.03. The fraction of sp³-hybridized carbons (Fsp3) is 0.286. The fourth-order valence-electron chi connectivity index (χ4n) is 1.03. The summed E-state index contributed by atoms with van der Waals surface area (Å²) >= 11 is 0. The van der Waals surface area contributed by atoms with Gasteiger partial charge >= 0.3 is 0 Å². The maximum Gasteiger partial charge on any atom is 0.167 e. The Hall–Kier alpha value is -1.25. The highest BCUT2D eigenvalue weighted by Gasteiger charge is 2.15. The molecule has 1 unspecified atom stereocenters. The highest BCUT2D eigenvalue weighted by Crippen LogP contribution is 2.29. The molecule has 0 spiro atoms. The van der Waals surface area contributed by atoms with Crippen LogP contribution in [0.5, 0.6) is 5.75 Å². The Morgan fingerprint density at radius 2 is 2.60 bits per heavy atom. The monoisotopic (exact) mass is 136 g/mol. The lowest BCUT2D eigenvalue weighted by Gasteiger charge is -2.00. The van der Waals surface area contributed by atoms with Gasteiger partial charge in [0, 0.05) is 12.3 Å². The zero-order chi connectivity index (χ0) is 6.97. The molecule has 0 fully saturated rings. The quantitative estimate of drug-likeness (QED) is 0.582.